The highest BCUT2D eigenvalue weighted by Crippen LogP contribution is 2.38. The van der Waals surface area contributed by atoms with Crippen LogP contribution < -0.4 is 16.0 Å². The van der Waals surface area contributed by atoms with Crippen LogP contribution in [0.4, 0.5) is 5.00 Å². The number of aryl methyl sites for hydroxylation is 1. The molecule has 3 N–H and O–H groups in total. The van der Waals surface area contributed by atoms with Crippen molar-refractivity contribution in [1.82, 2.24) is 25.4 Å². The molecule has 0 saturated heterocycles. The number of rotatable bonds is 10. The van der Waals surface area contributed by atoms with Gasteiger partial charge >= 0.3 is 0 Å². The van der Waals surface area contributed by atoms with Crippen LogP contribution in [0.5, 0.6) is 0 Å². The van der Waals surface area contributed by atoms with E-state index < -0.39 is 6.04 Å². The highest BCUT2D eigenvalue weighted by Gasteiger charge is 2.27. The Balaban J connectivity index is 1.21. The molecule has 5 rings (SSSR count). The molecule has 0 bridgehead atoms. The van der Waals surface area contributed by atoms with Crippen LogP contribution in [0.3, 0.4) is 0 Å². The minimum atomic E-state index is -0.461. The van der Waals surface area contributed by atoms with E-state index in [1.54, 1.807) is 30.7 Å². The number of halogens is 2. The smallest absolute Gasteiger partial charge is 0.254 e. The molecule has 0 aliphatic heterocycles. The van der Waals surface area contributed by atoms with Gasteiger partial charge in [-0.1, -0.05) is 65.3 Å². The molecule has 13 heteroatoms. The number of aromatic nitrogens is 3. The van der Waals surface area contributed by atoms with Crippen LogP contribution in [0.25, 0.3) is 0 Å². The Labute approximate surface area is 267 Å². The lowest BCUT2D eigenvalue weighted by Gasteiger charge is -2.14. The van der Waals surface area contributed by atoms with E-state index in [1.165, 1.54) is 29.2 Å². The summed E-state index contributed by atoms with van der Waals surface area (Å²) in [6, 6.07) is 13.9. The topological polar surface area (TPSA) is 118 Å². The van der Waals surface area contributed by atoms with Crippen LogP contribution in [0.2, 0.25) is 10.0 Å². The number of carbonyl (C=O) groups excluding carboxylic acids is 3. The van der Waals surface area contributed by atoms with Crippen molar-refractivity contribution in [2.45, 2.75) is 50.4 Å². The van der Waals surface area contributed by atoms with Crippen LogP contribution in [0.1, 0.15) is 68.4 Å². The summed E-state index contributed by atoms with van der Waals surface area (Å²) in [4.78, 5) is 40.2. The number of thiophene rings is 1. The van der Waals surface area contributed by atoms with Crippen molar-refractivity contribution in [2.24, 2.45) is 7.05 Å². The zero-order chi connectivity index (χ0) is 30.5. The first kappa shape index (κ1) is 31.1. The maximum absolute atomic E-state index is 13.3. The molecule has 0 radical (unpaired) electrons. The standard InChI is InChI=1S/C30H30Cl2N6O3S2/c1-17(34-27(40)19-12-13-21(31)22(32)14-19)26-36-37-30(38(26)2)42-16-24(39)35-29-25(20-10-6-7-11-23(20)43-29)28(41)33-15-18-8-4-3-5-9-18/h3-5,8-9,12-14,17H,6-7,10-11,15-16H2,1-2H3,(H,33,41)(H,34,40)(H,35,39)/t17-/m1/s1. The largest absolute Gasteiger partial charge is 0.348 e. The average Bonchev–Trinajstić information content (AvgIpc) is 3.56. The monoisotopic (exact) mass is 656 g/mol. The average molecular weight is 658 g/mol. The van der Waals surface area contributed by atoms with E-state index in [0.29, 0.717) is 43.7 Å². The van der Waals surface area contributed by atoms with Crippen molar-refractivity contribution in [3.63, 3.8) is 0 Å². The van der Waals surface area contributed by atoms with Crippen molar-refractivity contribution in [2.75, 3.05) is 11.1 Å². The van der Waals surface area contributed by atoms with E-state index in [9.17, 15) is 14.4 Å². The number of nitrogens with zero attached hydrogens (tertiary/aromatic N) is 3. The number of carbonyl (C=O) groups is 3. The molecule has 224 valence electrons. The summed E-state index contributed by atoms with van der Waals surface area (Å²) in [6.07, 6.45) is 3.83. The van der Waals surface area contributed by atoms with Gasteiger partial charge in [0, 0.05) is 24.0 Å². The Morgan fingerprint density at radius 1 is 1.02 bits per heavy atom. The quantitative estimate of drug-likeness (QED) is 0.175. The molecular formula is C30H30Cl2N6O3S2. The van der Waals surface area contributed by atoms with Gasteiger partial charge in [-0.25, -0.2) is 0 Å². The summed E-state index contributed by atoms with van der Waals surface area (Å²) in [5, 5.41) is 19.1. The molecule has 2 aromatic carbocycles. The van der Waals surface area contributed by atoms with Gasteiger partial charge in [-0.2, -0.15) is 0 Å². The Morgan fingerprint density at radius 3 is 2.56 bits per heavy atom. The van der Waals surface area contributed by atoms with Gasteiger partial charge in [-0.15, -0.1) is 21.5 Å². The lowest BCUT2D eigenvalue weighted by Crippen LogP contribution is -2.28. The first-order valence-electron chi connectivity index (χ1n) is 13.8. The fourth-order valence-electron chi connectivity index (χ4n) is 4.86. The Morgan fingerprint density at radius 2 is 1.79 bits per heavy atom. The summed E-state index contributed by atoms with van der Waals surface area (Å²) in [6.45, 7) is 2.21. The molecule has 9 nitrogen and oxygen atoms in total. The number of fused-ring (bicyclic) bond motifs is 1. The second-order valence-corrected chi connectivity index (χ2v) is 13.0. The van der Waals surface area contributed by atoms with E-state index in [1.807, 2.05) is 30.3 Å². The van der Waals surface area contributed by atoms with Gasteiger partial charge in [-0.3, -0.25) is 14.4 Å². The Hall–Kier alpha value is -3.38. The highest BCUT2D eigenvalue weighted by molar-refractivity contribution is 7.99. The van der Waals surface area contributed by atoms with Crippen molar-refractivity contribution in [3.8, 4) is 0 Å². The Kier molecular flexibility index (Phi) is 10.1. The lowest BCUT2D eigenvalue weighted by atomic mass is 9.95. The molecule has 0 fully saturated rings. The molecule has 3 amide bonds. The van der Waals surface area contributed by atoms with Gasteiger partial charge in [0.05, 0.1) is 27.4 Å². The number of hydrogen-bond acceptors (Lipinski definition) is 7. The summed E-state index contributed by atoms with van der Waals surface area (Å²) in [7, 11) is 1.78. The number of thioether (sulfide) groups is 1. The molecule has 0 unspecified atom stereocenters. The van der Waals surface area contributed by atoms with Crippen LogP contribution >= 0.6 is 46.3 Å². The predicted molar refractivity (Wildman–Crippen MR) is 171 cm³/mol. The normalized spacial score (nSPS) is 13.2. The van der Waals surface area contributed by atoms with Crippen molar-refractivity contribution in [3.05, 3.63) is 91.5 Å². The van der Waals surface area contributed by atoms with E-state index >= 15 is 0 Å². The van der Waals surface area contributed by atoms with E-state index in [4.69, 9.17) is 23.2 Å². The van der Waals surface area contributed by atoms with Crippen molar-refractivity contribution < 1.29 is 14.4 Å². The van der Waals surface area contributed by atoms with Gasteiger partial charge in [0.2, 0.25) is 5.91 Å². The minimum Gasteiger partial charge on any atom is -0.348 e. The van der Waals surface area contributed by atoms with Crippen molar-refractivity contribution >= 4 is 69.0 Å². The van der Waals surface area contributed by atoms with Crippen molar-refractivity contribution in [1.29, 1.82) is 0 Å². The molecule has 1 atom stereocenters. The highest BCUT2D eigenvalue weighted by atomic mass is 35.5. The number of benzene rings is 2. The summed E-state index contributed by atoms with van der Waals surface area (Å²) in [5.74, 6) is -0.152. The Bertz CT molecular complexity index is 1660. The van der Waals surface area contributed by atoms with Gasteiger partial charge in [0.25, 0.3) is 11.8 Å². The summed E-state index contributed by atoms with van der Waals surface area (Å²) < 4.78 is 1.74. The van der Waals surface area contributed by atoms with Crippen LogP contribution in [-0.4, -0.2) is 38.2 Å². The van der Waals surface area contributed by atoms with Gasteiger partial charge < -0.3 is 20.5 Å². The molecule has 4 aromatic rings. The third-order valence-corrected chi connectivity index (χ3v) is 10.0. The number of nitrogens with one attached hydrogen (secondary N) is 3. The first-order valence-corrected chi connectivity index (χ1v) is 16.3. The second kappa shape index (κ2) is 13.9. The maximum atomic E-state index is 13.3. The zero-order valence-electron chi connectivity index (χ0n) is 23.6. The van der Waals surface area contributed by atoms with E-state index in [-0.39, 0.29) is 23.5 Å². The number of hydrogen-bond donors (Lipinski definition) is 3. The minimum absolute atomic E-state index is 0.0730. The maximum Gasteiger partial charge on any atom is 0.254 e. The fraction of sp³-hybridized carbons (Fsp3) is 0.300. The molecule has 0 spiro atoms. The predicted octanol–water partition coefficient (Wildman–Crippen LogP) is 6.21. The fourth-order valence-corrected chi connectivity index (χ4v) is 7.18. The zero-order valence-corrected chi connectivity index (χ0v) is 26.7. The van der Waals surface area contributed by atoms with Gasteiger partial charge in [0.1, 0.15) is 5.00 Å². The molecule has 2 aromatic heterocycles. The summed E-state index contributed by atoms with van der Waals surface area (Å²) >= 11 is 14.7. The molecular weight excluding hydrogens is 627 g/mol. The lowest BCUT2D eigenvalue weighted by molar-refractivity contribution is -0.113. The third-order valence-electron chi connectivity index (χ3n) is 7.06. The molecule has 1 aliphatic rings. The molecule has 2 heterocycles. The molecule has 1 aliphatic carbocycles. The second-order valence-electron chi connectivity index (χ2n) is 10.1. The molecule has 0 saturated carbocycles. The third kappa shape index (κ3) is 7.41. The van der Waals surface area contributed by atoms with E-state index in [2.05, 4.69) is 26.1 Å². The van der Waals surface area contributed by atoms with E-state index in [0.717, 1.165) is 41.7 Å². The summed E-state index contributed by atoms with van der Waals surface area (Å²) in [5.41, 5.74) is 2.99. The van der Waals surface area contributed by atoms with Gasteiger partial charge in [0.15, 0.2) is 11.0 Å². The SMILES string of the molecule is C[C@@H](NC(=O)c1ccc(Cl)c(Cl)c1)c1nnc(SCC(=O)Nc2sc3c(c2C(=O)NCc2ccccc2)CCCC3)n1C. The van der Waals surface area contributed by atoms with Crippen LogP contribution in [-0.2, 0) is 31.2 Å². The first-order chi connectivity index (χ1) is 20.7. The molecule has 43 heavy (non-hydrogen) atoms. The van der Waals surface area contributed by atoms with Gasteiger partial charge in [-0.05, 0) is 61.9 Å². The van der Waals surface area contributed by atoms with Crippen LogP contribution in [0.15, 0.2) is 53.7 Å². The number of amides is 3. The van der Waals surface area contributed by atoms with Crippen LogP contribution in [0, 0.1) is 0 Å². The number of anilines is 1.